The van der Waals surface area contributed by atoms with E-state index in [1.165, 1.54) is 13.2 Å². The normalized spacial score (nSPS) is 11.6. The van der Waals surface area contributed by atoms with Gasteiger partial charge in [-0.3, -0.25) is 9.59 Å². The average Bonchev–Trinajstić information content (AvgIpc) is 2.88. The molecule has 0 saturated heterocycles. The summed E-state index contributed by atoms with van der Waals surface area (Å²) in [5, 5.41) is 6.08. The monoisotopic (exact) mass is 504 g/mol. The number of benzene rings is 3. The first-order chi connectivity index (χ1) is 17.3. The number of anilines is 2. The number of aryl methyl sites for hydroxylation is 2. The second kappa shape index (κ2) is 12.6. The smallest absolute Gasteiger partial charge is 0.248 e. The van der Waals surface area contributed by atoms with Crippen molar-refractivity contribution in [2.24, 2.45) is 0 Å². The highest BCUT2D eigenvalue weighted by Crippen LogP contribution is 2.34. The maximum Gasteiger partial charge on any atom is 0.248 e. The molecule has 0 heterocycles. The molecule has 2 amide bonds. The summed E-state index contributed by atoms with van der Waals surface area (Å²) in [5.74, 6) is 0.454. The Hall–Kier alpha value is -4.03. The number of hydrogen-bond acceptors (Lipinski definition) is 4. The molecule has 36 heavy (non-hydrogen) atoms. The Labute approximate surface area is 216 Å². The van der Waals surface area contributed by atoms with Crippen molar-refractivity contribution in [1.29, 1.82) is 0 Å². The number of rotatable bonds is 9. The van der Waals surface area contributed by atoms with E-state index in [1.54, 1.807) is 31.4 Å². The van der Waals surface area contributed by atoms with Crippen LogP contribution in [0.15, 0.2) is 84.5 Å². The van der Waals surface area contributed by atoms with Gasteiger partial charge in [0.05, 0.1) is 25.7 Å². The Morgan fingerprint density at radius 3 is 1.97 bits per heavy atom. The lowest BCUT2D eigenvalue weighted by atomic mass is 10.1. The number of ether oxygens (including phenoxy) is 2. The molecular weight excluding hydrogens is 476 g/mol. The minimum absolute atomic E-state index is 0.0460. The van der Waals surface area contributed by atoms with Crippen LogP contribution < -0.4 is 20.1 Å². The standard InChI is InChI=1S/C29H29ClN2O4/c1-19-9-5-7-11-23(19)31-27(33)16-14-22(18-28(34)32-24-12-8-6-10-20(24)2)29(30)21-13-15-25(35-3)26(17-21)36-4/h5-17H,18H2,1-4H3,(H,31,33)(H,32,34)/b16-14+,29-22-. The number of amides is 2. The molecule has 0 aromatic heterocycles. The molecule has 0 radical (unpaired) electrons. The zero-order valence-corrected chi connectivity index (χ0v) is 21.5. The predicted molar refractivity (Wildman–Crippen MR) is 146 cm³/mol. The molecule has 0 aliphatic rings. The summed E-state index contributed by atoms with van der Waals surface area (Å²) in [6.07, 6.45) is 2.88. The van der Waals surface area contributed by atoms with Gasteiger partial charge in [-0.25, -0.2) is 0 Å². The van der Waals surface area contributed by atoms with Gasteiger partial charge in [0.1, 0.15) is 0 Å². The van der Waals surface area contributed by atoms with E-state index in [9.17, 15) is 9.59 Å². The van der Waals surface area contributed by atoms with Crippen molar-refractivity contribution < 1.29 is 19.1 Å². The van der Waals surface area contributed by atoms with Gasteiger partial charge in [-0.1, -0.05) is 54.1 Å². The molecule has 6 nitrogen and oxygen atoms in total. The minimum atomic E-state index is -0.335. The van der Waals surface area contributed by atoms with Crippen molar-refractivity contribution in [2.45, 2.75) is 20.3 Å². The van der Waals surface area contributed by atoms with Gasteiger partial charge >= 0.3 is 0 Å². The van der Waals surface area contributed by atoms with E-state index in [1.807, 2.05) is 62.4 Å². The highest BCUT2D eigenvalue weighted by molar-refractivity contribution is 6.49. The molecule has 0 spiro atoms. The molecule has 0 saturated carbocycles. The first-order valence-electron chi connectivity index (χ1n) is 11.3. The highest BCUT2D eigenvalue weighted by atomic mass is 35.5. The fourth-order valence-corrected chi connectivity index (χ4v) is 3.76. The molecule has 0 atom stereocenters. The van der Waals surface area contributed by atoms with Crippen LogP contribution >= 0.6 is 11.6 Å². The number of hydrogen-bond donors (Lipinski definition) is 2. The molecule has 0 bridgehead atoms. The second-order valence-electron chi connectivity index (χ2n) is 8.09. The van der Waals surface area contributed by atoms with Crippen molar-refractivity contribution in [1.82, 2.24) is 0 Å². The average molecular weight is 505 g/mol. The highest BCUT2D eigenvalue weighted by Gasteiger charge is 2.14. The summed E-state index contributed by atoms with van der Waals surface area (Å²) in [5.41, 5.74) is 4.39. The number of nitrogens with one attached hydrogen (secondary N) is 2. The molecule has 3 aromatic rings. The molecule has 0 unspecified atom stereocenters. The summed E-state index contributed by atoms with van der Waals surface area (Å²) >= 11 is 6.76. The summed E-state index contributed by atoms with van der Waals surface area (Å²) in [6.45, 7) is 3.83. The van der Waals surface area contributed by atoms with Crippen LogP contribution in [-0.4, -0.2) is 26.0 Å². The second-order valence-corrected chi connectivity index (χ2v) is 8.46. The maximum atomic E-state index is 12.9. The Balaban J connectivity index is 1.91. The third-order valence-corrected chi connectivity index (χ3v) is 5.99. The minimum Gasteiger partial charge on any atom is -0.493 e. The lowest BCUT2D eigenvalue weighted by Gasteiger charge is -2.13. The van der Waals surface area contributed by atoms with Gasteiger partial charge in [0.25, 0.3) is 0 Å². The number of methoxy groups -OCH3 is 2. The van der Waals surface area contributed by atoms with E-state index in [0.29, 0.717) is 39.0 Å². The van der Waals surface area contributed by atoms with Gasteiger partial charge in [0.15, 0.2) is 11.5 Å². The zero-order chi connectivity index (χ0) is 26.1. The first kappa shape index (κ1) is 26.6. The molecule has 3 aromatic carbocycles. The van der Waals surface area contributed by atoms with Crippen LogP contribution in [0.3, 0.4) is 0 Å². The fourth-order valence-electron chi connectivity index (χ4n) is 3.51. The van der Waals surface area contributed by atoms with Crippen LogP contribution in [0.4, 0.5) is 11.4 Å². The van der Waals surface area contributed by atoms with E-state index in [4.69, 9.17) is 21.1 Å². The molecule has 2 N–H and O–H groups in total. The van der Waals surface area contributed by atoms with Crippen molar-refractivity contribution in [3.63, 3.8) is 0 Å². The Kier molecular flexibility index (Phi) is 9.31. The van der Waals surface area contributed by atoms with Gasteiger partial charge in [-0.2, -0.15) is 0 Å². The van der Waals surface area contributed by atoms with Crippen LogP contribution in [0, 0.1) is 13.8 Å². The van der Waals surface area contributed by atoms with Gasteiger partial charge < -0.3 is 20.1 Å². The Morgan fingerprint density at radius 1 is 0.806 bits per heavy atom. The van der Waals surface area contributed by atoms with Crippen LogP contribution in [-0.2, 0) is 9.59 Å². The number of halogens is 1. The topological polar surface area (TPSA) is 76.7 Å². The predicted octanol–water partition coefficient (Wildman–Crippen LogP) is 6.49. The summed E-state index contributed by atoms with van der Waals surface area (Å²) < 4.78 is 10.7. The molecule has 0 aliphatic carbocycles. The zero-order valence-electron chi connectivity index (χ0n) is 20.7. The van der Waals surface area contributed by atoms with Crippen LogP contribution in [0.1, 0.15) is 23.1 Å². The Morgan fingerprint density at radius 2 is 1.39 bits per heavy atom. The molecule has 0 fully saturated rings. The lowest BCUT2D eigenvalue weighted by molar-refractivity contribution is -0.115. The van der Waals surface area contributed by atoms with Crippen molar-refractivity contribution in [3.8, 4) is 11.5 Å². The van der Waals surface area contributed by atoms with Gasteiger partial charge in [0.2, 0.25) is 11.8 Å². The van der Waals surface area contributed by atoms with E-state index < -0.39 is 0 Å². The quantitative estimate of drug-likeness (QED) is 0.258. The molecule has 7 heteroatoms. The lowest BCUT2D eigenvalue weighted by Crippen LogP contribution is -2.13. The molecule has 3 rings (SSSR count). The summed E-state index contributed by atoms with van der Waals surface area (Å²) in [7, 11) is 3.08. The number of carbonyl (C=O) groups is 2. The first-order valence-corrected chi connectivity index (χ1v) is 11.7. The maximum absolute atomic E-state index is 12.9. The van der Waals surface area contributed by atoms with Crippen LogP contribution in [0.25, 0.3) is 5.03 Å². The Bertz CT molecular complexity index is 1310. The summed E-state index contributed by atoms with van der Waals surface area (Å²) in [6, 6.07) is 20.2. The number of carbonyl (C=O) groups excluding carboxylic acids is 2. The van der Waals surface area contributed by atoms with Gasteiger partial charge in [-0.15, -0.1) is 0 Å². The van der Waals surface area contributed by atoms with Gasteiger partial charge in [0, 0.05) is 17.5 Å². The van der Waals surface area contributed by atoms with Crippen molar-refractivity contribution in [3.05, 3.63) is 101 Å². The van der Waals surface area contributed by atoms with Gasteiger partial charge in [-0.05, 0) is 66.4 Å². The van der Waals surface area contributed by atoms with E-state index in [2.05, 4.69) is 10.6 Å². The van der Waals surface area contributed by atoms with Crippen molar-refractivity contribution >= 4 is 39.8 Å². The largest absolute Gasteiger partial charge is 0.493 e. The van der Waals surface area contributed by atoms with E-state index >= 15 is 0 Å². The molecule has 186 valence electrons. The number of allylic oxidation sites excluding steroid dienone is 1. The van der Waals surface area contributed by atoms with E-state index in [0.717, 1.165) is 11.1 Å². The van der Waals surface area contributed by atoms with Crippen molar-refractivity contribution in [2.75, 3.05) is 24.9 Å². The SMILES string of the molecule is COc1ccc(/C(Cl)=C(\C=C\C(=O)Nc2ccccc2C)CC(=O)Nc2ccccc2C)cc1OC. The van der Waals surface area contributed by atoms with Crippen LogP contribution in [0.2, 0.25) is 0 Å². The summed E-state index contributed by atoms with van der Waals surface area (Å²) in [4.78, 5) is 25.6. The third kappa shape index (κ3) is 6.99. The fraction of sp³-hybridized carbons (Fsp3) is 0.172. The van der Waals surface area contributed by atoms with Crippen LogP contribution in [0.5, 0.6) is 11.5 Å². The molecular formula is C29H29ClN2O4. The third-order valence-electron chi connectivity index (χ3n) is 5.53. The van der Waals surface area contributed by atoms with E-state index in [-0.39, 0.29) is 18.2 Å². The molecule has 0 aliphatic heterocycles. The number of para-hydroxylation sites is 2.